The maximum absolute atomic E-state index is 11.4. The first-order chi connectivity index (χ1) is 6.22. The summed E-state index contributed by atoms with van der Waals surface area (Å²) in [7, 11) is 0. The molecule has 1 atom stereocenters. The van der Waals surface area contributed by atoms with Gasteiger partial charge in [0.25, 0.3) is 0 Å². The number of Topliss-reactive ketones (excluding diaryl/α,β-unsaturated/α-hetero) is 1. The predicted molar refractivity (Wildman–Crippen MR) is 52.4 cm³/mol. The Morgan fingerprint density at radius 3 is 3.00 bits per heavy atom. The first-order valence-corrected chi connectivity index (χ1v) is 4.27. The van der Waals surface area contributed by atoms with E-state index < -0.39 is 0 Å². The molecule has 2 N–H and O–H groups in total. The Morgan fingerprint density at radius 1 is 1.54 bits per heavy atom. The van der Waals surface area contributed by atoms with E-state index in [0.717, 1.165) is 16.7 Å². The fourth-order valence-corrected chi connectivity index (χ4v) is 1.69. The van der Waals surface area contributed by atoms with Gasteiger partial charge in [-0.05, 0) is 17.2 Å². The molecule has 2 rings (SSSR count). The van der Waals surface area contributed by atoms with Crippen molar-refractivity contribution >= 4 is 11.9 Å². The molecular weight excluding hydrogens is 162 g/mol. The number of ketones is 1. The van der Waals surface area contributed by atoms with Crippen molar-refractivity contribution in [3.05, 3.63) is 41.5 Å². The number of hydrogen-bond acceptors (Lipinski definition) is 2. The van der Waals surface area contributed by atoms with Crippen molar-refractivity contribution in [2.45, 2.75) is 12.5 Å². The summed E-state index contributed by atoms with van der Waals surface area (Å²) in [6.07, 6.45) is 2.17. The van der Waals surface area contributed by atoms with Gasteiger partial charge in [-0.1, -0.05) is 24.8 Å². The second-order valence-corrected chi connectivity index (χ2v) is 3.28. The minimum Gasteiger partial charge on any atom is -0.324 e. The molecule has 0 amide bonds. The van der Waals surface area contributed by atoms with Gasteiger partial charge in [0.1, 0.15) is 0 Å². The minimum absolute atomic E-state index is 0.110. The van der Waals surface area contributed by atoms with Crippen molar-refractivity contribution in [3.8, 4) is 0 Å². The molecule has 1 aliphatic carbocycles. The Kier molecular flexibility index (Phi) is 1.78. The van der Waals surface area contributed by atoms with E-state index in [1.54, 1.807) is 6.08 Å². The van der Waals surface area contributed by atoms with Gasteiger partial charge >= 0.3 is 0 Å². The molecule has 1 aromatic carbocycles. The van der Waals surface area contributed by atoms with E-state index in [-0.39, 0.29) is 11.8 Å². The van der Waals surface area contributed by atoms with Gasteiger partial charge in [0, 0.05) is 18.0 Å². The van der Waals surface area contributed by atoms with Gasteiger partial charge in [0.2, 0.25) is 0 Å². The maximum Gasteiger partial charge on any atom is 0.165 e. The van der Waals surface area contributed by atoms with Gasteiger partial charge in [-0.3, -0.25) is 4.79 Å². The van der Waals surface area contributed by atoms with Crippen molar-refractivity contribution < 1.29 is 4.79 Å². The van der Waals surface area contributed by atoms with Gasteiger partial charge in [0.15, 0.2) is 5.78 Å². The highest BCUT2D eigenvalue weighted by Crippen LogP contribution is 2.29. The van der Waals surface area contributed by atoms with E-state index in [2.05, 4.69) is 6.58 Å². The summed E-state index contributed by atoms with van der Waals surface area (Å²) in [5.74, 6) is 0.145. The molecular formula is C11H11NO. The van der Waals surface area contributed by atoms with Crippen LogP contribution in [0, 0.1) is 0 Å². The quantitative estimate of drug-likeness (QED) is 0.705. The standard InChI is InChI=1S/C11H11NO/c1-2-7-3-4-8-9(5-7)11(13)6-10(8)12/h2-5,10H,1,6,12H2/t10-/m0/s1. The number of carbonyl (C=O) groups is 1. The molecule has 0 fully saturated rings. The third-order valence-corrected chi connectivity index (χ3v) is 2.42. The fourth-order valence-electron chi connectivity index (χ4n) is 1.69. The van der Waals surface area contributed by atoms with E-state index in [1.807, 2.05) is 18.2 Å². The monoisotopic (exact) mass is 173 g/mol. The fraction of sp³-hybridized carbons (Fsp3) is 0.182. The molecule has 0 spiro atoms. The van der Waals surface area contributed by atoms with Crippen LogP contribution in [0.5, 0.6) is 0 Å². The molecule has 1 aromatic rings. The number of fused-ring (bicyclic) bond motifs is 1. The summed E-state index contributed by atoms with van der Waals surface area (Å²) in [6.45, 7) is 3.66. The van der Waals surface area contributed by atoms with Crippen LogP contribution in [0.3, 0.4) is 0 Å². The number of carbonyl (C=O) groups excluding carboxylic acids is 1. The number of rotatable bonds is 1. The lowest BCUT2D eigenvalue weighted by Gasteiger charge is -2.02. The van der Waals surface area contributed by atoms with Crippen LogP contribution in [0.2, 0.25) is 0 Å². The summed E-state index contributed by atoms with van der Waals surface area (Å²) in [4.78, 5) is 11.4. The topological polar surface area (TPSA) is 43.1 Å². The molecule has 2 nitrogen and oxygen atoms in total. The van der Waals surface area contributed by atoms with Gasteiger partial charge in [-0.2, -0.15) is 0 Å². The second kappa shape index (κ2) is 2.82. The maximum atomic E-state index is 11.4. The molecule has 0 aromatic heterocycles. The molecule has 0 unspecified atom stereocenters. The lowest BCUT2D eigenvalue weighted by molar-refractivity contribution is 0.0989. The summed E-state index contributed by atoms with van der Waals surface area (Å²) < 4.78 is 0. The van der Waals surface area contributed by atoms with Crippen LogP contribution in [0.1, 0.15) is 33.9 Å². The molecule has 66 valence electrons. The third kappa shape index (κ3) is 1.19. The highest BCUT2D eigenvalue weighted by atomic mass is 16.1. The van der Waals surface area contributed by atoms with E-state index in [9.17, 15) is 4.79 Å². The van der Waals surface area contributed by atoms with Crippen LogP contribution in [-0.4, -0.2) is 5.78 Å². The van der Waals surface area contributed by atoms with E-state index in [4.69, 9.17) is 5.73 Å². The summed E-state index contributed by atoms with van der Waals surface area (Å²) >= 11 is 0. The Hall–Kier alpha value is -1.41. The smallest absolute Gasteiger partial charge is 0.165 e. The van der Waals surface area contributed by atoms with Crippen LogP contribution in [0.4, 0.5) is 0 Å². The van der Waals surface area contributed by atoms with Crippen LogP contribution < -0.4 is 5.73 Å². The molecule has 0 radical (unpaired) electrons. The highest BCUT2D eigenvalue weighted by molar-refractivity contribution is 6.01. The normalized spacial score (nSPS) is 20.1. The molecule has 13 heavy (non-hydrogen) atoms. The minimum atomic E-state index is -0.110. The molecule has 2 heteroatoms. The SMILES string of the molecule is C=Cc1ccc2c(c1)C(=O)C[C@@H]2N. The summed E-state index contributed by atoms with van der Waals surface area (Å²) in [5.41, 5.74) is 8.49. The first-order valence-electron chi connectivity index (χ1n) is 4.27. The lowest BCUT2D eigenvalue weighted by atomic mass is 10.1. The van der Waals surface area contributed by atoms with Crippen molar-refractivity contribution in [3.63, 3.8) is 0 Å². The molecule has 1 aliphatic rings. The van der Waals surface area contributed by atoms with Gasteiger partial charge in [0.05, 0.1) is 0 Å². The zero-order valence-corrected chi connectivity index (χ0v) is 7.29. The Bertz CT molecular complexity index is 382. The van der Waals surface area contributed by atoms with Crippen LogP contribution in [-0.2, 0) is 0 Å². The molecule has 0 bridgehead atoms. The zero-order chi connectivity index (χ0) is 9.42. The van der Waals surface area contributed by atoms with Gasteiger partial charge in [-0.15, -0.1) is 0 Å². The lowest BCUT2D eigenvalue weighted by Crippen LogP contribution is -2.05. The Labute approximate surface area is 77.1 Å². The zero-order valence-electron chi connectivity index (χ0n) is 7.29. The average molecular weight is 173 g/mol. The molecule has 0 aliphatic heterocycles. The Balaban J connectivity index is 2.58. The third-order valence-electron chi connectivity index (χ3n) is 2.42. The summed E-state index contributed by atoms with van der Waals surface area (Å²) in [5, 5.41) is 0. The van der Waals surface area contributed by atoms with Crippen molar-refractivity contribution in [2.24, 2.45) is 5.73 Å². The second-order valence-electron chi connectivity index (χ2n) is 3.28. The van der Waals surface area contributed by atoms with Crippen molar-refractivity contribution in [1.29, 1.82) is 0 Å². The Morgan fingerprint density at radius 2 is 2.31 bits per heavy atom. The molecule has 0 heterocycles. The van der Waals surface area contributed by atoms with Crippen LogP contribution >= 0.6 is 0 Å². The van der Waals surface area contributed by atoms with Gasteiger partial charge in [-0.25, -0.2) is 0 Å². The number of benzene rings is 1. The van der Waals surface area contributed by atoms with Crippen molar-refractivity contribution in [1.82, 2.24) is 0 Å². The summed E-state index contributed by atoms with van der Waals surface area (Å²) in [6, 6.07) is 5.60. The highest BCUT2D eigenvalue weighted by Gasteiger charge is 2.25. The average Bonchev–Trinajstić information content (AvgIpc) is 2.42. The van der Waals surface area contributed by atoms with Crippen LogP contribution in [0.15, 0.2) is 24.8 Å². The number of hydrogen-bond donors (Lipinski definition) is 1. The van der Waals surface area contributed by atoms with E-state index in [0.29, 0.717) is 6.42 Å². The van der Waals surface area contributed by atoms with E-state index >= 15 is 0 Å². The molecule has 0 saturated carbocycles. The number of nitrogens with two attached hydrogens (primary N) is 1. The molecule has 0 saturated heterocycles. The predicted octanol–water partition coefficient (Wildman–Crippen LogP) is 1.92. The van der Waals surface area contributed by atoms with Crippen LogP contribution in [0.25, 0.3) is 6.08 Å². The van der Waals surface area contributed by atoms with Gasteiger partial charge < -0.3 is 5.73 Å². The van der Waals surface area contributed by atoms with E-state index in [1.165, 1.54) is 0 Å². The first kappa shape index (κ1) is 8.20. The van der Waals surface area contributed by atoms with Crippen molar-refractivity contribution in [2.75, 3.05) is 0 Å². The largest absolute Gasteiger partial charge is 0.324 e.